The van der Waals surface area contributed by atoms with Crippen molar-refractivity contribution in [2.24, 2.45) is 0 Å². The average molecular weight is 325 g/mol. The summed E-state index contributed by atoms with van der Waals surface area (Å²) in [5, 5.41) is 3.56. The molecule has 0 fully saturated rings. The summed E-state index contributed by atoms with van der Waals surface area (Å²) in [6, 6.07) is 6.90. The lowest BCUT2D eigenvalue weighted by atomic mass is 10.0. The zero-order valence-electron chi connectivity index (χ0n) is 11.0. The van der Waals surface area contributed by atoms with E-state index in [4.69, 9.17) is 0 Å². The van der Waals surface area contributed by atoms with Gasteiger partial charge in [0.25, 0.3) is 0 Å². The first-order chi connectivity index (χ1) is 8.81. The van der Waals surface area contributed by atoms with E-state index >= 15 is 0 Å². The molecule has 0 atom stereocenters. The summed E-state index contributed by atoms with van der Waals surface area (Å²) in [6.45, 7) is 2.27. The van der Waals surface area contributed by atoms with Crippen LogP contribution in [0.1, 0.15) is 51.0 Å². The van der Waals surface area contributed by atoms with Crippen LogP contribution in [0.25, 0.3) is 10.1 Å². The Morgan fingerprint density at radius 1 is 1.06 bits per heavy atom. The Morgan fingerprint density at radius 3 is 2.67 bits per heavy atom. The number of rotatable bonds is 7. The Bertz CT molecular complexity index is 487. The lowest BCUT2D eigenvalue weighted by Crippen LogP contribution is -1.86. The van der Waals surface area contributed by atoms with E-state index in [-0.39, 0.29) is 0 Å². The van der Waals surface area contributed by atoms with Gasteiger partial charge in [0, 0.05) is 19.9 Å². The third-order valence-corrected chi connectivity index (χ3v) is 5.33. The minimum atomic E-state index is 1.23. The highest BCUT2D eigenvalue weighted by atomic mass is 79.9. The molecule has 0 amide bonds. The van der Waals surface area contributed by atoms with Crippen molar-refractivity contribution in [1.29, 1.82) is 0 Å². The summed E-state index contributed by atoms with van der Waals surface area (Å²) in [5.74, 6) is 0. The number of aryl methyl sites for hydroxylation is 1. The number of hydrogen-bond donors (Lipinski definition) is 0. The average Bonchev–Trinajstić information content (AvgIpc) is 2.75. The molecule has 1 heterocycles. The van der Waals surface area contributed by atoms with Crippen molar-refractivity contribution >= 4 is 37.4 Å². The molecule has 2 rings (SSSR count). The maximum Gasteiger partial charge on any atom is 0.0361 e. The number of thiophene rings is 1. The van der Waals surface area contributed by atoms with Crippen molar-refractivity contribution < 1.29 is 0 Å². The maximum absolute atomic E-state index is 3.62. The predicted octanol–water partition coefficient (Wildman–Crippen LogP) is 6.57. The van der Waals surface area contributed by atoms with E-state index < -0.39 is 0 Å². The van der Waals surface area contributed by atoms with E-state index in [2.05, 4.69) is 46.4 Å². The first kappa shape index (κ1) is 14.1. The lowest BCUT2D eigenvalue weighted by Gasteiger charge is -2.02. The number of halogens is 1. The molecule has 98 valence electrons. The van der Waals surface area contributed by atoms with E-state index in [9.17, 15) is 0 Å². The second-order valence-corrected chi connectivity index (χ2v) is 6.70. The quantitative estimate of drug-likeness (QED) is 0.505. The fourth-order valence-electron chi connectivity index (χ4n) is 2.31. The van der Waals surface area contributed by atoms with Crippen LogP contribution < -0.4 is 0 Å². The van der Waals surface area contributed by atoms with Crippen LogP contribution in [0.4, 0.5) is 0 Å². The molecular formula is C16H21BrS. The zero-order chi connectivity index (χ0) is 12.8. The molecule has 0 aliphatic rings. The van der Waals surface area contributed by atoms with Gasteiger partial charge in [-0.15, -0.1) is 11.3 Å². The molecule has 0 unspecified atom stereocenters. The molecule has 0 N–H and O–H groups in total. The van der Waals surface area contributed by atoms with Crippen LogP contribution in [0.15, 0.2) is 28.1 Å². The summed E-state index contributed by atoms with van der Waals surface area (Å²) in [4.78, 5) is 0. The lowest BCUT2D eigenvalue weighted by molar-refractivity contribution is 0.607. The molecule has 18 heavy (non-hydrogen) atoms. The SMILES string of the molecule is CCCCCCCCc1ccc2scc(Br)c2c1. The van der Waals surface area contributed by atoms with Crippen LogP contribution in [-0.2, 0) is 6.42 Å². The van der Waals surface area contributed by atoms with Crippen LogP contribution >= 0.6 is 27.3 Å². The van der Waals surface area contributed by atoms with Gasteiger partial charge in [-0.2, -0.15) is 0 Å². The van der Waals surface area contributed by atoms with E-state index in [1.807, 2.05) is 11.3 Å². The highest BCUT2D eigenvalue weighted by molar-refractivity contribution is 9.10. The molecule has 0 radical (unpaired) electrons. The van der Waals surface area contributed by atoms with Gasteiger partial charge in [0.05, 0.1) is 0 Å². The van der Waals surface area contributed by atoms with Crippen molar-refractivity contribution in [1.82, 2.24) is 0 Å². The summed E-state index contributed by atoms with van der Waals surface area (Å²) >= 11 is 5.43. The van der Waals surface area contributed by atoms with Crippen molar-refractivity contribution in [2.75, 3.05) is 0 Å². The Hall–Kier alpha value is -0.340. The van der Waals surface area contributed by atoms with Crippen molar-refractivity contribution in [3.8, 4) is 0 Å². The second-order valence-electron chi connectivity index (χ2n) is 4.93. The zero-order valence-corrected chi connectivity index (χ0v) is 13.4. The largest absolute Gasteiger partial charge is 0.143 e. The van der Waals surface area contributed by atoms with Gasteiger partial charge >= 0.3 is 0 Å². The summed E-state index contributed by atoms with van der Waals surface area (Å²) < 4.78 is 2.63. The molecule has 0 nitrogen and oxygen atoms in total. The molecule has 1 aromatic heterocycles. The van der Waals surface area contributed by atoms with Crippen LogP contribution in [0.2, 0.25) is 0 Å². The van der Waals surface area contributed by atoms with Gasteiger partial charge in [0.15, 0.2) is 0 Å². The van der Waals surface area contributed by atoms with Gasteiger partial charge in [0.1, 0.15) is 0 Å². The number of fused-ring (bicyclic) bond motifs is 1. The first-order valence-electron chi connectivity index (χ1n) is 6.97. The Morgan fingerprint density at radius 2 is 1.83 bits per heavy atom. The fourth-order valence-corrected chi connectivity index (χ4v) is 3.85. The molecule has 0 saturated carbocycles. The normalized spacial score (nSPS) is 11.2. The molecule has 0 spiro atoms. The van der Waals surface area contributed by atoms with Gasteiger partial charge in [-0.25, -0.2) is 0 Å². The van der Waals surface area contributed by atoms with Crippen molar-refractivity contribution in [3.63, 3.8) is 0 Å². The maximum atomic E-state index is 3.62. The Balaban J connectivity index is 1.82. The van der Waals surface area contributed by atoms with E-state index in [1.165, 1.54) is 65.1 Å². The monoisotopic (exact) mass is 324 g/mol. The number of unbranched alkanes of at least 4 members (excludes halogenated alkanes) is 5. The van der Waals surface area contributed by atoms with Crippen LogP contribution in [0, 0.1) is 0 Å². The molecule has 0 saturated heterocycles. The van der Waals surface area contributed by atoms with E-state index in [0.29, 0.717) is 0 Å². The van der Waals surface area contributed by atoms with Crippen LogP contribution in [0.3, 0.4) is 0 Å². The van der Waals surface area contributed by atoms with Gasteiger partial charge in [-0.1, -0.05) is 45.1 Å². The second kappa shape index (κ2) is 7.30. The third kappa shape index (κ3) is 3.83. The highest BCUT2D eigenvalue weighted by Crippen LogP contribution is 2.31. The molecular weight excluding hydrogens is 304 g/mol. The standard InChI is InChI=1S/C16H21BrS/c1-2-3-4-5-6-7-8-13-9-10-16-14(11-13)15(17)12-18-16/h9-12H,2-8H2,1H3. The molecule has 0 aliphatic carbocycles. The minimum Gasteiger partial charge on any atom is -0.143 e. The smallest absolute Gasteiger partial charge is 0.0361 e. The van der Waals surface area contributed by atoms with Gasteiger partial charge in [0.2, 0.25) is 0 Å². The molecule has 2 aromatic rings. The van der Waals surface area contributed by atoms with Crippen molar-refractivity contribution in [3.05, 3.63) is 33.6 Å². The fraction of sp³-hybridized carbons (Fsp3) is 0.500. The number of benzene rings is 1. The minimum absolute atomic E-state index is 1.23. The number of hydrogen-bond acceptors (Lipinski definition) is 1. The van der Waals surface area contributed by atoms with Gasteiger partial charge in [-0.3, -0.25) is 0 Å². The third-order valence-electron chi connectivity index (χ3n) is 3.41. The van der Waals surface area contributed by atoms with Gasteiger partial charge in [-0.05, 0) is 46.5 Å². The van der Waals surface area contributed by atoms with E-state index in [1.54, 1.807) is 0 Å². The van der Waals surface area contributed by atoms with Crippen molar-refractivity contribution in [2.45, 2.75) is 51.9 Å². The molecule has 0 bridgehead atoms. The molecule has 1 aromatic carbocycles. The van der Waals surface area contributed by atoms with E-state index in [0.717, 1.165) is 0 Å². The first-order valence-corrected chi connectivity index (χ1v) is 8.64. The highest BCUT2D eigenvalue weighted by Gasteiger charge is 2.02. The molecule has 0 aliphatic heterocycles. The summed E-state index contributed by atoms with van der Waals surface area (Å²) in [5.41, 5.74) is 1.48. The van der Waals surface area contributed by atoms with Crippen LogP contribution in [-0.4, -0.2) is 0 Å². The van der Waals surface area contributed by atoms with Gasteiger partial charge < -0.3 is 0 Å². The molecule has 2 heteroatoms. The summed E-state index contributed by atoms with van der Waals surface area (Å²) in [6.07, 6.45) is 9.48. The summed E-state index contributed by atoms with van der Waals surface area (Å²) in [7, 11) is 0. The topological polar surface area (TPSA) is 0 Å². The Labute approximate surface area is 123 Å². The predicted molar refractivity (Wildman–Crippen MR) is 86.6 cm³/mol. The van der Waals surface area contributed by atoms with Crippen LogP contribution in [0.5, 0.6) is 0 Å². The Kier molecular flexibility index (Phi) is 5.71.